The minimum Gasteiger partial charge on any atom is -0.267 e. The zero-order chi connectivity index (χ0) is 15.8. The van der Waals surface area contributed by atoms with E-state index in [1.807, 2.05) is 0 Å². The second-order valence-electron chi connectivity index (χ2n) is 5.21. The van der Waals surface area contributed by atoms with Crippen LogP contribution in [0.25, 0.3) is 0 Å². The minimum atomic E-state index is -3.37. The van der Waals surface area contributed by atoms with Crippen molar-refractivity contribution >= 4 is 20.2 Å². The topological polar surface area (TPSA) is 86.7 Å². The molecule has 0 aliphatic carbocycles. The molecular weight excluding hydrogens is 304 g/mol. The number of unbranched alkanes of at least 4 members (excludes halogenated alkanes) is 3. The van der Waals surface area contributed by atoms with E-state index in [4.69, 9.17) is 8.37 Å². The van der Waals surface area contributed by atoms with Crippen LogP contribution < -0.4 is 0 Å². The Morgan fingerprint density at radius 1 is 0.700 bits per heavy atom. The van der Waals surface area contributed by atoms with Gasteiger partial charge in [0.05, 0.1) is 24.7 Å². The van der Waals surface area contributed by atoms with E-state index in [1.165, 1.54) is 0 Å². The predicted octanol–water partition coefficient (Wildman–Crippen LogP) is 2.06. The summed E-state index contributed by atoms with van der Waals surface area (Å²) < 4.78 is 53.2. The first-order valence-corrected chi connectivity index (χ1v) is 10.4. The van der Waals surface area contributed by atoms with E-state index in [9.17, 15) is 16.8 Å². The third kappa shape index (κ3) is 14.2. The van der Waals surface area contributed by atoms with Crippen molar-refractivity contribution in [1.29, 1.82) is 0 Å². The zero-order valence-electron chi connectivity index (χ0n) is 12.7. The quantitative estimate of drug-likeness (QED) is 0.426. The van der Waals surface area contributed by atoms with Gasteiger partial charge in [0.25, 0.3) is 20.2 Å². The van der Waals surface area contributed by atoms with Crippen LogP contribution in [-0.2, 0) is 28.6 Å². The SMILES string of the molecule is CC(CCCCCCC(C)OS(C)(=O)=O)OS(C)(=O)=O. The first-order chi connectivity index (χ1) is 8.99. The monoisotopic (exact) mass is 330 g/mol. The second-order valence-corrected chi connectivity index (χ2v) is 8.41. The average molecular weight is 330 g/mol. The van der Waals surface area contributed by atoms with Crippen molar-refractivity contribution in [2.45, 2.75) is 64.6 Å². The van der Waals surface area contributed by atoms with Crippen LogP contribution in [0.2, 0.25) is 0 Å². The number of hydrogen-bond acceptors (Lipinski definition) is 6. The first-order valence-electron chi connectivity index (χ1n) is 6.76. The summed E-state index contributed by atoms with van der Waals surface area (Å²) in [5.41, 5.74) is 0. The fraction of sp³-hybridized carbons (Fsp3) is 1.00. The summed E-state index contributed by atoms with van der Waals surface area (Å²) >= 11 is 0. The van der Waals surface area contributed by atoms with Gasteiger partial charge in [-0.1, -0.05) is 25.7 Å². The van der Waals surface area contributed by atoms with Gasteiger partial charge >= 0.3 is 0 Å². The van der Waals surface area contributed by atoms with Gasteiger partial charge in [0.15, 0.2) is 0 Å². The molecule has 122 valence electrons. The normalized spacial score (nSPS) is 16.0. The lowest BCUT2D eigenvalue weighted by molar-refractivity contribution is 0.209. The maximum absolute atomic E-state index is 10.9. The molecule has 0 amide bonds. The minimum absolute atomic E-state index is 0.294. The van der Waals surface area contributed by atoms with Crippen LogP contribution in [0.4, 0.5) is 0 Å². The molecule has 2 unspecified atom stereocenters. The maximum Gasteiger partial charge on any atom is 0.264 e. The van der Waals surface area contributed by atoms with Gasteiger partial charge in [-0.05, 0) is 26.7 Å². The van der Waals surface area contributed by atoms with E-state index in [-0.39, 0.29) is 12.2 Å². The van der Waals surface area contributed by atoms with Crippen LogP contribution in [0, 0.1) is 0 Å². The van der Waals surface area contributed by atoms with Crippen LogP contribution in [0.3, 0.4) is 0 Å². The fourth-order valence-corrected chi connectivity index (χ4v) is 3.30. The lowest BCUT2D eigenvalue weighted by atomic mass is 10.1. The summed E-state index contributed by atoms with van der Waals surface area (Å²) in [5, 5.41) is 0. The molecule has 0 aromatic heterocycles. The van der Waals surface area contributed by atoms with Crippen LogP contribution in [-0.4, -0.2) is 41.6 Å². The molecule has 8 heteroatoms. The van der Waals surface area contributed by atoms with Crippen molar-refractivity contribution in [1.82, 2.24) is 0 Å². The number of rotatable bonds is 11. The van der Waals surface area contributed by atoms with E-state index in [2.05, 4.69) is 0 Å². The largest absolute Gasteiger partial charge is 0.267 e. The summed E-state index contributed by atoms with van der Waals surface area (Å²) in [7, 11) is -6.75. The molecule has 2 atom stereocenters. The molecule has 0 rings (SSSR count). The smallest absolute Gasteiger partial charge is 0.264 e. The van der Waals surface area contributed by atoms with Gasteiger partial charge in [0.1, 0.15) is 0 Å². The summed E-state index contributed by atoms with van der Waals surface area (Å²) in [5.74, 6) is 0. The first kappa shape index (κ1) is 19.8. The van der Waals surface area contributed by atoms with Gasteiger partial charge in [-0.15, -0.1) is 0 Å². The molecule has 0 aliphatic rings. The van der Waals surface area contributed by atoms with Crippen LogP contribution in [0.5, 0.6) is 0 Å². The third-order valence-electron chi connectivity index (χ3n) is 2.65. The Morgan fingerprint density at radius 3 is 1.25 bits per heavy atom. The Balaban J connectivity index is 3.59. The van der Waals surface area contributed by atoms with Gasteiger partial charge in [0, 0.05) is 0 Å². The van der Waals surface area contributed by atoms with Crippen molar-refractivity contribution in [3.8, 4) is 0 Å². The highest BCUT2D eigenvalue weighted by atomic mass is 32.2. The summed E-state index contributed by atoms with van der Waals surface area (Å²) in [4.78, 5) is 0. The predicted molar refractivity (Wildman–Crippen MR) is 78.5 cm³/mol. The molecule has 0 saturated carbocycles. The molecule has 0 aromatic carbocycles. The third-order valence-corrected chi connectivity index (χ3v) is 4.01. The van der Waals surface area contributed by atoms with E-state index in [1.54, 1.807) is 13.8 Å². The Morgan fingerprint density at radius 2 is 1.00 bits per heavy atom. The molecule has 20 heavy (non-hydrogen) atoms. The van der Waals surface area contributed by atoms with Crippen molar-refractivity contribution in [3.63, 3.8) is 0 Å². The van der Waals surface area contributed by atoms with Crippen LogP contribution in [0.1, 0.15) is 52.4 Å². The highest BCUT2D eigenvalue weighted by molar-refractivity contribution is 7.86. The molecule has 0 heterocycles. The van der Waals surface area contributed by atoms with Crippen molar-refractivity contribution in [3.05, 3.63) is 0 Å². The van der Waals surface area contributed by atoms with Crippen molar-refractivity contribution in [2.24, 2.45) is 0 Å². The second kappa shape index (κ2) is 8.96. The highest BCUT2D eigenvalue weighted by Gasteiger charge is 2.11. The van der Waals surface area contributed by atoms with Gasteiger partial charge in [-0.2, -0.15) is 16.8 Å². The Labute approximate surface area is 123 Å². The molecule has 0 aromatic rings. The van der Waals surface area contributed by atoms with E-state index >= 15 is 0 Å². The Hall–Kier alpha value is -0.180. The van der Waals surface area contributed by atoms with Crippen molar-refractivity contribution in [2.75, 3.05) is 12.5 Å². The van der Waals surface area contributed by atoms with Gasteiger partial charge in [-0.3, -0.25) is 8.37 Å². The molecule has 0 saturated heterocycles. The van der Waals surface area contributed by atoms with Crippen LogP contribution in [0.15, 0.2) is 0 Å². The van der Waals surface area contributed by atoms with Crippen molar-refractivity contribution < 1.29 is 25.2 Å². The van der Waals surface area contributed by atoms with E-state index < -0.39 is 20.2 Å². The Bertz CT molecular complexity index is 410. The molecule has 0 N–H and O–H groups in total. The highest BCUT2D eigenvalue weighted by Crippen LogP contribution is 2.13. The lowest BCUT2D eigenvalue weighted by Crippen LogP contribution is -2.14. The number of hydrogen-bond donors (Lipinski definition) is 0. The molecule has 0 aliphatic heterocycles. The van der Waals surface area contributed by atoms with Gasteiger partial charge < -0.3 is 0 Å². The Kier molecular flexibility index (Phi) is 8.88. The molecule has 0 spiro atoms. The van der Waals surface area contributed by atoms with E-state index in [0.717, 1.165) is 38.2 Å². The molecule has 0 bridgehead atoms. The molecular formula is C12H26O6S2. The lowest BCUT2D eigenvalue weighted by Gasteiger charge is -2.12. The van der Waals surface area contributed by atoms with Gasteiger partial charge in [0.2, 0.25) is 0 Å². The average Bonchev–Trinajstić information content (AvgIpc) is 2.17. The summed E-state index contributed by atoms with van der Waals surface area (Å²) in [6, 6.07) is 0. The van der Waals surface area contributed by atoms with E-state index in [0.29, 0.717) is 12.8 Å². The summed E-state index contributed by atoms with van der Waals surface area (Å²) in [6.07, 6.45) is 6.60. The fourth-order valence-electron chi connectivity index (χ4n) is 1.91. The summed E-state index contributed by atoms with van der Waals surface area (Å²) in [6.45, 7) is 3.48. The zero-order valence-corrected chi connectivity index (χ0v) is 14.3. The van der Waals surface area contributed by atoms with Crippen LogP contribution >= 0.6 is 0 Å². The maximum atomic E-state index is 10.9. The standard InChI is InChI=1S/C12H26O6S2/c1-11(17-19(3,13)14)9-7-5-6-8-10-12(2)18-20(4,15)16/h11-12H,5-10H2,1-4H3. The molecule has 0 fully saturated rings. The molecule has 0 radical (unpaired) electrons. The van der Waals surface area contributed by atoms with Gasteiger partial charge in [-0.25, -0.2) is 0 Å². The molecule has 6 nitrogen and oxygen atoms in total.